The maximum Gasteiger partial charge on any atom is 0.338 e. The van der Waals surface area contributed by atoms with E-state index in [-0.39, 0.29) is 24.0 Å². The molecule has 3 rings (SSSR count). The van der Waals surface area contributed by atoms with Crippen LogP contribution < -0.4 is 4.74 Å². The minimum Gasteiger partial charge on any atom is -0.490 e. The van der Waals surface area contributed by atoms with E-state index in [1.165, 1.54) is 0 Å². The average molecular weight is 398 g/mol. The second-order valence-electron chi connectivity index (χ2n) is 7.56. The highest BCUT2D eigenvalue weighted by molar-refractivity contribution is 5.95. The summed E-state index contributed by atoms with van der Waals surface area (Å²) in [5.74, 6) is 0.456. The molecule has 2 aromatic carbocycles. The lowest BCUT2D eigenvalue weighted by Gasteiger charge is -2.27. The van der Waals surface area contributed by atoms with Crippen molar-refractivity contribution >= 4 is 22.7 Å². The molecule has 0 N–H and O–H groups in total. The van der Waals surface area contributed by atoms with Gasteiger partial charge in [-0.1, -0.05) is 25.5 Å². The van der Waals surface area contributed by atoms with Crippen LogP contribution in [-0.2, 0) is 14.3 Å². The average Bonchev–Trinajstić information content (AvgIpc) is 2.74. The number of benzene rings is 2. The van der Waals surface area contributed by atoms with Crippen LogP contribution in [0.2, 0.25) is 0 Å². The highest BCUT2D eigenvalue weighted by atomic mass is 16.5. The lowest BCUT2D eigenvalue weighted by Crippen LogP contribution is -2.29. The van der Waals surface area contributed by atoms with Crippen molar-refractivity contribution in [3.63, 3.8) is 0 Å². The van der Waals surface area contributed by atoms with E-state index in [9.17, 15) is 9.59 Å². The van der Waals surface area contributed by atoms with E-state index in [0.717, 1.165) is 55.0 Å². The molecule has 0 bridgehead atoms. The number of rotatable bonds is 8. The quantitative estimate of drug-likeness (QED) is 0.446. The van der Waals surface area contributed by atoms with Crippen molar-refractivity contribution in [2.75, 3.05) is 13.2 Å². The zero-order valence-electron chi connectivity index (χ0n) is 17.3. The van der Waals surface area contributed by atoms with Crippen LogP contribution in [0, 0.1) is 5.92 Å². The molecule has 156 valence electrons. The van der Waals surface area contributed by atoms with Crippen LogP contribution in [0.4, 0.5) is 0 Å². The largest absolute Gasteiger partial charge is 0.490 e. The molecule has 5 heteroatoms. The van der Waals surface area contributed by atoms with E-state index in [0.29, 0.717) is 18.8 Å². The van der Waals surface area contributed by atoms with Crippen LogP contribution in [0.3, 0.4) is 0 Å². The molecule has 0 radical (unpaired) electrons. The Labute approximate surface area is 172 Å². The maximum absolute atomic E-state index is 12.1. The molecule has 0 atom stereocenters. The fourth-order valence-corrected chi connectivity index (χ4v) is 3.69. The number of unbranched alkanes of at least 4 members (excludes halogenated alkanes) is 1. The Morgan fingerprint density at radius 2 is 1.66 bits per heavy atom. The zero-order valence-corrected chi connectivity index (χ0v) is 17.3. The summed E-state index contributed by atoms with van der Waals surface area (Å²) in [6.07, 6.45) is 5.31. The summed E-state index contributed by atoms with van der Waals surface area (Å²) in [4.78, 5) is 24.0. The number of hydrogen-bond donors (Lipinski definition) is 0. The normalized spacial score (nSPS) is 19.0. The summed E-state index contributed by atoms with van der Waals surface area (Å²) in [6, 6.07) is 11.5. The molecule has 1 saturated carbocycles. The van der Waals surface area contributed by atoms with Crippen molar-refractivity contribution in [3.8, 4) is 5.75 Å². The second kappa shape index (κ2) is 10.3. The number of fused-ring (bicyclic) bond motifs is 1. The first kappa shape index (κ1) is 21.2. The van der Waals surface area contributed by atoms with Crippen LogP contribution >= 0.6 is 0 Å². The highest BCUT2D eigenvalue weighted by Gasteiger charge is 2.28. The van der Waals surface area contributed by atoms with Gasteiger partial charge in [0, 0.05) is 0 Å². The summed E-state index contributed by atoms with van der Waals surface area (Å²) in [5.41, 5.74) is 0.569. The van der Waals surface area contributed by atoms with Gasteiger partial charge in [-0.15, -0.1) is 0 Å². The molecule has 2 aromatic rings. The Morgan fingerprint density at radius 3 is 2.38 bits per heavy atom. The summed E-state index contributed by atoms with van der Waals surface area (Å²) in [7, 11) is 0. The van der Waals surface area contributed by atoms with Gasteiger partial charge in [0.15, 0.2) is 0 Å². The Morgan fingerprint density at radius 1 is 0.931 bits per heavy atom. The summed E-state index contributed by atoms with van der Waals surface area (Å²) >= 11 is 0. The van der Waals surface area contributed by atoms with Gasteiger partial charge in [-0.3, -0.25) is 4.79 Å². The second-order valence-corrected chi connectivity index (χ2v) is 7.56. The first-order chi connectivity index (χ1) is 14.1. The molecule has 0 saturated heterocycles. The first-order valence-electron chi connectivity index (χ1n) is 10.6. The molecule has 0 amide bonds. The minimum absolute atomic E-state index is 0.00177. The fourth-order valence-electron chi connectivity index (χ4n) is 3.69. The van der Waals surface area contributed by atoms with Gasteiger partial charge in [-0.05, 0) is 74.1 Å². The van der Waals surface area contributed by atoms with Gasteiger partial charge in [-0.25, -0.2) is 4.79 Å². The molecule has 1 fully saturated rings. The van der Waals surface area contributed by atoms with E-state index in [1.807, 2.05) is 37.3 Å². The minimum atomic E-state index is -0.279. The van der Waals surface area contributed by atoms with Crippen molar-refractivity contribution in [3.05, 3.63) is 42.0 Å². The molecule has 0 aromatic heterocycles. The van der Waals surface area contributed by atoms with E-state index >= 15 is 0 Å². The third-order valence-corrected chi connectivity index (χ3v) is 5.38. The van der Waals surface area contributed by atoms with Gasteiger partial charge in [0.1, 0.15) is 5.75 Å². The molecule has 1 aliphatic carbocycles. The van der Waals surface area contributed by atoms with Crippen LogP contribution in [0.5, 0.6) is 5.75 Å². The third-order valence-electron chi connectivity index (χ3n) is 5.38. The Hall–Kier alpha value is -2.56. The number of carbonyl (C=O) groups is 2. The van der Waals surface area contributed by atoms with Crippen molar-refractivity contribution < 1.29 is 23.8 Å². The molecule has 0 heterocycles. The third kappa shape index (κ3) is 5.72. The molecule has 0 unspecified atom stereocenters. The smallest absolute Gasteiger partial charge is 0.338 e. The van der Waals surface area contributed by atoms with E-state index in [1.54, 1.807) is 6.07 Å². The lowest BCUT2D eigenvalue weighted by atomic mass is 9.87. The maximum atomic E-state index is 12.1. The molecule has 0 aliphatic heterocycles. The van der Waals surface area contributed by atoms with Crippen LogP contribution in [0.15, 0.2) is 36.4 Å². The van der Waals surface area contributed by atoms with Crippen molar-refractivity contribution in [2.24, 2.45) is 5.92 Å². The zero-order chi connectivity index (χ0) is 20.6. The lowest BCUT2D eigenvalue weighted by molar-refractivity contribution is -0.149. The van der Waals surface area contributed by atoms with E-state index < -0.39 is 0 Å². The number of carbonyl (C=O) groups excluding carboxylic acids is 2. The van der Waals surface area contributed by atoms with Crippen molar-refractivity contribution in [1.29, 1.82) is 0 Å². The summed E-state index contributed by atoms with van der Waals surface area (Å²) in [5, 5.41) is 2.00. The molecule has 0 spiro atoms. The number of hydrogen-bond acceptors (Lipinski definition) is 5. The van der Waals surface area contributed by atoms with Crippen LogP contribution in [0.25, 0.3) is 10.8 Å². The highest BCUT2D eigenvalue weighted by Crippen LogP contribution is 2.30. The number of ether oxygens (including phenoxy) is 3. The van der Waals surface area contributed by atoms with Crippen molar-refractivity contribution in [1.82, 2.24) is 0 Å². The van der Waals surface area contributed by atoms with Gasteiger partial charge in [0.05, 0.1) is 30.8 Å². The van der Waals surface area contributed by atoms with E-state index in [4.69, 9.17) is 14.2 Å². The molecular formula is C24H30O5. The van der Waals surface area contributed by atoms with Crippen molar-refractivity contribution in [2.45, 2.75) is 58.5 Å². The monoisotopic (exact) mass is 398 g/mol. The standard InChI is InChI=1S/C24H30O5/c1-3-5-14-28-24(26)20-7-6-19-16-22(13-10-18(19)15-20)29-21-11-8-17(9-12-21)23(25)27-4-2/h6-7,10,13,15-17,21H,3-5,8-9,11-12,14H2,1-2H3/t17-,21+. The Balaban J connectivity index is 1.58. The predicted molar refractivity (Wildman–Crippen MR) is 112 cm³/mol. The summed E-state index contributed by atoms with van der Waals surface area (Å²) < 4.78 is 16.6. The Kier molecular flexibility index (Phi) is 7.50. The number of esters is 2. The van der Waals surface area contributed by atoms with Gasteiger partial charge >= 0.3 is 11.9 Å². The van der Waals surface area contributed by atoms with Crippen LogP contribution in [0.1, 0.15) is 62.7 Å². The summed E-state index contributed by atoms with van der Waals surface area (Å²) in [6.45, 7) is 4.80. The Bertz CT molecular complexity index is 836. The van der Waals surface area contributed by atoms with Crippen LogP contribution in [-0.4, -0.2) is 31.3 Å². The predicted octanol–water partition coefficient (Wildman–Crippen LogP) is 5.30. The van der Waals surface area contributed by atoms with Gasteiger partial charge < -0.3 is 14.2 Å². The molecule has 29 heavy (non-hydrogen) atoms. The fraction of sp³-hybridized carbons (Fsp3) is 0.500. The SMILES string of the molecule is CCCCOC(=O)c1ccc2cc(O[C@H]3CC[C@@H](C(=O)OCC)CC3)ccc2c1. The van der Waals surface area contributed by atoms with Gasteiger partial charge in [-0.2, -0.15) is 0 Å². The van der Waals surface area contributed by atoms with Gasteiger partial charge in [0.25, 0.3) is 0 Å². The molecular weight excluding hydrogens is 368 g/mol. The first-order valence-corrected chi connectivity index (χ1v) is 10.6. The molecule has 5 nitrogen and oxygen atoms in total. The van der Waals surface area contributed by atoms with Gasteiger partial charge in [0.2, 0.25) is 0 Å². The van der Waals surface area contributed by atoms with E-state index in [2.05, 4.69) is 6.92 Å². The molecule has 1 aliphatic rings. The topological polar surface area (TPSA) is 61.8 Å².